The maximum atomic E-state index is 13.5. The minimum Gasteiger partial charge on any atom is -0.465 e. The summed E-state index contributed by atoms with van der Waals surface area (Å²) in [5, 5.41) is 14.4. The Hall–Kier alpha value is -5.87. The zero-order chi connectivity index (χ0) is 35.5. The Morgan fingerprint density at radius 1 is 0.922 bits per heavy atom. The molecular formula is C35H34N6O10. The Morgan fingerprint density at radius 3 is 2.33 bits per heavy atom. The summed E-state index contributed by atoms with van der Waals surface area (Å²) in [6.07, 6.45) is -4.95. The van der Waals surface area contributed by atoms with Gasteiger partial charge in [0.1, 0.15) is 12.2 Å². The standard InChI is InChI=1S/C35H34N6O10/c1-4-45-34-36-26-11-7-10-25(33(43)49-20(3)50-35(44)51-28-18-47-30-27(48-19(2)42)17-46-31(28)30)29(26)41(34)16-21-12-14-22(15-13-21)23-8-5-6-9-24(23)32-37-39-40-38-32/h5-15,20,27-28,30-31H,4,16-18H2,1-3H3,(H,37,38,39,40)/t20?,27-,28+,30-,31-/m1/s1. The summed E-state index contributed by atoms with van der Waals surface area (Å²) in [7, 11) is 0. The van der Waals surface area contributed by atoms with Crippen LogP contribution in [0.15, 0.2) is 66.7 Å². The molecule has 16 nitrogen and oxygen atoms in total. The number of carbonyl (C=O) groups excluding carboxylic acids is 3. The predicted octanol–water partition coefficient (Wildman–Crippen LogP) is 4.08. The summed E-state index contributed by atoms with van der Waals surface area (Å²) in [6.45, 7) is 5.37. The van der Waals surface area contributed by atoms with Crippen LogP contribution < -0.4 is 4.74 Å². The van der Waals surface area contributed by atoms with Crippen LogP contribution in [0.25, 0.3) is 33.5 Å². The number of carbonyl (C=O) groups is 3. The average Bonchev–Trinajstić information content (AvgIpc) is 3.92. The predicted molar refractivity (Wildman–Crippen MR) is 176 cm³/mol. The number of rotatable bonds is 11. The van der Waals surface area contributed by atoms with Crippen molar-refractivity contribution in [2.24, 2.45) is 0 Å². The SMILES string of the molecule is CCOc1nc2cccc(C(=O)OC(C)OC(=O)O[C@H]3CO[C@H]4[C@@H]3OC[C@H]4OC(C)=O)c2n1Cc1ccc(-c2ccccc2-c2nn[nH]n2)cc1. The Morgan fingerprint density at radius 2 is 1.65 bits per heavy atom. The summed E-state index contributed by atoms with van der Waals surface area (Å²) >= 11 is 0. The molecule has 2 aromatic heterocycles. The Balaban J connectivity index is 1.05. The second-order valence-corrected chi connectivity index (χ2v) is 11.8. The number of esters is 2. The minimum atomic E-state index is -1.30. The molecule has 2 aliphatic heterocycles. The van der Waals surface area contributed by atoms with Gasteiger partial charge in [0.15, 0.2) is 12.2 Å². The van der Waals surface area contributed by atoms with E-state index in [9.17, 15) is 14.4 Å². The highest BCUT2D eigenvalue weighted by Crippen LogP contribution is 2.33. The highest BCUT2D eigenvalue weighted by Gasteiger charge is 2.51. The summed E-state index contributed by atoms with van der Waals surface area (Å²) in [5.74, 6) is -0.714. The number of imidazole rings is 1. The monoisotopic (exact) mass is 698 g/mol. The number of nitrogens with zero attached hydrogens (tertiary/aromatic N) is 5. The van der Waals surface area contributed by atoms with Crippen molar-refractivity contribution in [1.82, 2.24) is 30.2 Å². The summed E-state index contributed by atoms with van der Waals surface area (Å²) in [6, 6.07) is 21.1. The van der Waals surface area contributed by atoms with Gasteiger partial charge in [-0.05, 0) is 41.0 Å². The lowest BCUT2D eigenvalue weighted by Gasteiger charge is -2.19. The van der Waals surface area contributed by atoms with Gasteiger partial charge >= 0.3 is 18.1 Å². The van der Waals surface area contributed by atoms with Crippen molar-refractivity contribution in [3.8, 4) is 28.5 Å². The van der Waals surface area contributed by atoms with Crippen LogP contribution in [0.5, 0.6) is 6.01 Å². The van der Waals surface area contributed by atoms with Crippen molar-refractivity contribution >= 4 is 29.1 Å². The molecule has 3 aromatic carbocycles. The van der Waals surface area contributed by atoms with Crippen molar-refractivity contribution < 1.29 is 47.5 Å². The number of aromatic nitrogens is 6. The van der Waals surface area contributed by atoms with Gasteiger partial charge in [-0.25, -0.2) is 9.59 Å². The first-order valence-electron chi connectivity index (χ1n) is 16.3. The molecule has 2 fully saturated rings. The van der Waals surface area contributed by atoms with E-state index in [4.69, 9.17) is 33.2 Å². The number of aromatic amines is 1. The first kappa shape index (κ1) is 33.6. The Bertz CT molecular complexity index is 2030. The van der Waals surface area contributed by atoms with Gasteiger partial charge in [0.2, 0.25) is 12.1 Å². The Kier molecular flexibility index (Phi) is 9.59. The van der Waals surface area contributed by atoms with E-state index in [1.165, 1.54) is 13.8 Å². The zero-order valence-corrected chi connectivity index (χ0v) is 27.9. The van der Waals surface area contributed by atoms with Gasteiger partial charge in [-0.1, -0.05) is 54.6 Å². The van der Waals surface area contributed by atoms with Gasteiger partial charge in [0, 0.05) is 19.4 Å². The van der Waals surface area contributed by atoms with Crippen molar-refractivity contribution in [2.45, 2.75) is 58.0 Å². The lowest BCUT2D eigenvalue weighted by molar-refractivity contribution is -0.151. The highest BCUT2D eigenvalue weighted by molar-refractivity contribution is 6.02. The first-order valence-corrected chi connectivity index (χ1v) is 16.3. The molecular weight excluding hydrogens is 664 g/mol. The molecule has 51 heavy (non-hydrogen) atoms. The molecule has 2 saturated heterocycles. The van der Waals surface area contributed by atoms with Crippen LogP contribution in [0.1, 0.15) is 36.7 Å². The van der Waals surface area contributed by atoms with Gasteiger partial charge in [0.25, 0.3) is 6.01 Å². The third kappa shape index (κ3) is 7.09. The molecule has 0 spiro atoms. The molecule has 16 heteroatoms. The van der Waals surface area contributed by atoms with Crippen molar-refractivity contribution in [1.29, 1.82) is 0 Å². The van der Waals surface area contributed by atoms with Crippen LogP contribution >= 0.6 is 0 Å². The molecule has 0 amide bonds. The largest absolute Gasteiger partial charge is 0.511 e. The van der Waals surface area contributed by atoms with Crippen molar-refractivity contribution in [2.75, 3.05) is 19.8 Å². The fourth-order valence-electron chi connectivity index (χ4n) is 6.26. The fraction of sp³-hybridized carbons (Fsp3) is 0.343. The van der Waals surface area contributed by atoms with E-state index in [1.807, 2.05) is 55.5 Å². The number of tetrazole rings is 1. The quantitative estimate of drug-likeness (QED) is 0.118. The van der Waals surface area contributed by atoms with Crippen LogP contribution in [-0.4, -0.2) is 98.8 Å². The number of benzene rings is 3. The van der Waals surface area contributed by atoms with Gasteiger partial charge in [0.05, 0.1) is 43.0 Å². The van der Waals surface area contributed by atoms with Crippen LogP contribution in [0.3, 0.4) is 0 Å². The molecule has 264 valence electrons. The average molecular weight is 699 g/mol. The molecule has 7 rings (SSSR count). The van der Waals surface area contributed by atoms with Crippen LogP contribution in [0.4, 0.5) is 4.79 Å². The molecule has 5 aromatic rings. The van der Waals surface area contributed by atoms with E-state index in [0.29, 0.717) is 36.0 Å². The number of hydrogen-bond acceptors (Lipinski definition) is 14. The zero-order valence-electron chi connectivity index (χ0n) is 27.9. The van der Waals surface area contributed by atoms with Crippen LogP contribution in [0.2, 0.25) is 0 Å². The van der Waals surface area contributed by atoms with E-state index in [1.54, 1.807) is 22.8 Å². The molecule has 0 bridgehead atoms. The molecule has 0 radical (unpaired) electrons. The van der Waals surface area contributed by atoms with Crippen molar-refractivity contribution in [3.63, 3.8) is 0 Å². The second-order valence-electron chi connectivity index (χ2n) is 11.8. The van der Waals surface area contributed by atoms with Gasteiger partial charge in [-0.2, -0.15) is 10.2 Å². The minimum absolute atomic E-state index is 0.0286. The van der Waals surface area contributed by atoms with Gasteiger partial charge in [-0.15, -0.1) is 10.2 Å². The molecule has 1 unspecified atom stereocenters. The number of fused-ring (bicyclic) bond motifs is 2. The fourth-order valence-corrected chi connectivity index (χ4v) is 6.26. The van der Waals surface area contributed by atoms with Gasteiger partial charge < -0.3 is 33.2 Å². The topological polar surface area (TPSA) is 188 Å². The molecule has 0 aliphatic carbocycles. The van der Waals surface area contributed by atoms with E-state index in [2.05, 4.69) is 25.6 Å². The third-order valence-electron chi connectivity index (χ3n) is 8.41. The van der Waals surface area contributed by atoms with E-state index in [-0.39, 0.29) is 18.8 Å². The van der Waals surface area contributed by atoms with E-state index >= 15 is 0 Å². The Labute approximate surface area is 290 Å². The van der Waals surface area contributed by atoms with Crippen LogP contribution in [-0.2, 0) is 39.8 Å². The van der Waals surface area contributed by atoms with E-state index < -0.39 is 48.8 Å². The number of nitrogens with one attached hydrogen (secondary N) is 1. The smallest absolute Gasteiger partial charge is 0.465 e. The lowest BCUT2D eigenvalue weighted by Crippen LogP contribution is -2.36. The number of hydrogen-bond donors (Lipinski definition) is 1. The van der Waals surface area contributed by atoms with Crippen LogP contribution in [0, 0.1) is 0 Å². The maximum absolute atomic E-state index is 13.5. The summed E-state index contributed by atoms with van der Waals surface area (Å²) in [4.78, 5) is 42.2. The number of H-pyrrole nitrogens is 1. The number of ether oxygens (including phenoxy) is 7. The first-order chi connectivity index (χ1) is 24.8. The normalized spacial score (nSPS) is 20.1. The van der Waals surface area contributed by atoms with Gasteiger partial charge in [-0.3, -0.25) is 9.36 Å². The molecule has 1 N–H and O–H groups in total. The molecule has 4 heterocycles. The summed E-state index contributed by atoms with van der Waals surface area (Å²) in [5.41, 5.74) is 4.86. The summed E-state index contributed by atoms with van der Waals surface area (Å²) < 4.78 is 40.4. The number of para-hydroxylation sites is 1. The second kappa shape index (κ2) is 14.5. The molecule has 2 aliphatic rings. The lowest BCUT2D eigenvalue weighted by atomic mass is 9.98. The maximum Gasteiger partial charge on any atom is 0.511 e. The third-order valence-corrected chi connectivity index (χ3v) is 8.41. The molecule has 0 saturated carbocycles. The highest BCUT2D eigenvalue weighted by atomic mass is 16.8. The van der Waals surface area contributed by atoms with E-state index in [0.717, 1.165) is 22.3 Å². The molecule has 5 atom stereocenters. The van der Waals surface area contributed by atoms with Crippen molar-refractivity contribution in [3.05, 3.63) is 77.9 Å².